The van der Waals surface area contributed by atoms with Gasteiger partial charge in [0.1, 0.15) is 0 Å². The molecular formula is C13H19NSSi. The highest BCUT2D eigenvalue weighted by atomic mass is 32.1. The molecule has 1 aromatic carbocycles. The first-order valence-corrected chi connectivity index (χ1v) is 9.73. The van der Waals surface area contributed by atoms with Crippen LogP contribution in [0.1, 0.15) is 11.6 Å². The number of benzene rings is 1. The molecule has 0 radical (unpaired) electrons. The molecule has 0 aromatic heterocycles. The highest BCUT2D eigenvalue weighted by Crippen LogP contribution is 2.49. The van der Waals surface area contributed by atoms with Crippen LogP contribution in [0.4, 0.5) is 0 Å². The van der Waals surface area contributed by atoms with Crippen LogP contribution in [0.3, 0.4) is 0 Å². The van der Waals surface area contributed by atoms with Crippen LogP contribution in [-0.2, 0) is 0 Å². The molecule has 0 bridgehead atoms. The maximum atomic E-state index is 5.51. The second kappa shape index (κ2) is 3.97. The first kappa shape index (κ1) is 11.8. The van der Waals surface area contributed by atoms with Gasteiger partial charge in [-0.25, -0.2) is 0 Å². The average Bonchev–Trinajstić information content (AvgIpc) is 2.23. The standard InChI is InChI=1S/C13H19NSSi/c1-14-11(10-8-6-5-7-9-10)12(13(14)15)16(2,3)4/h5-9,11-12H,1-4H3. The summed E-state index contributed by atoms with van der Waals surface area (Å²) < 4.78 is 0. The van der Waals surface area contributed by atoms with Crippen LogP contribution >= 0.6 is 12.2 Å². The third-order valence-corrected chi connectivity index (χ3v) is 6.63. The molecule has 0 saturated carbocycles. The lowest BCUT2D eigenvalue weighted by atomic mass is 9.95. The van der Waals surface area contributed by atoms with Crippen molar-refractivity contribution in [2.24, 2.45) is 0 Å². The maximum absolute atomic E-state index is 5.51. The fraction of sp³-hybridized carbons (Fsp3) is 0.462. The van der Waals surface area contributed by atoms with E-state index in [9.17, 15) is 0 Å². The van der Waals surface area contributed by atoms with Crippen molar-refractivity contribution in [3.63, 3.8) is 0 Å². The predicted octanol–water partition coefficient (Wildman–Crippen LogP) is 3.71. The molecule has 0 aliphatic carbocycles. The van der Waals surface area contributed by atoms with Gasteiger partial charge in [-0.15, -0.1) is 0 Å². The maximum Gasteiger partial charge on any atom is 0.0809 e. The lowest BCUT2D eigenvalue weighted by Gasteiger charge is -2.53. The third kappa shape index (κ3) is 1.82. The Morgan fingerprint density at radius 3 is 2.19 bits per heavy atom. The molecule has 1 aromatic rings. The van der Waals surface area contributed by atoms with E-state index in [4.69, 9.17) is 12.2 Å². The number of rotatable bonds is 2. The molecule has 2 rings (SSSR count). The molecule has 0 N–H and O–H groups in total. The summed E-state index contributed by atoms with van der Waals surface area (Å²) in [5, 5.41) is 0. The van der Waals surface area contributed by atoms with Crippen molar-refractivity contribution in [2.45, 2.75) is 31.2 Å². The second-order valence-electron chi connectivity index (χ2n) is 5.65. The van der Waals surface area contributed by atoms with Gasteiger partial charge in [0.05, 0.1) is 19.1 Å². The molecule has 2 unspecified atom stereocenters. The lowest BCUT2D eigenvalue weighted by Crippen LogP contribution is -2.56. The minimum atomic E-state index is -1.21. The highest BCUT2D eigenvalue weighted by molar-refractivity contribution is 7.80. The molecule has 1 heterocycles. The first-order chi connectivity index (χ1) is 7.43. The van der Waals surface area contributed by atoms with Gasteiger partial charge in [0.25, 0.3) is 0 Å². The van der Waals surface area contributed by atoms with Crippen LogP contribution in [0.2, 0.25) is 25.2 Å². The Balaban J connectivity index is 2.31. The summed E-state index contributed by atoms with van der Waals surface area (Å²) in [6.45, 7) is 7.23. The zero-order chi connectivity index (χ0) is 11.9. The Kier molecular flexibility index (Phi) is 2.93. The molecule has 1 aliphatic rings. The summed E-state index contributed by atoms with van der Waals surface area (Å²) in [5.74, 6) is 0. The van der Waals surface area contributed by atoms with Crippen LogP contribution in [-0.4, -0.2) is 25.0 Å². The van der Waals surface area contributed by atoms with Gasteiger partial charge in [0.2, 0.25) is 0 Å². The number of hydrogen-bond donors (Lipinski definition) is 0. The van der Waals surface area contributed by atoms with Gasteiger partial charge in [0.15, 0.2) is 0 Å². The van der Waals surface area contributed by atoms with Gasteiger partial charge in [-0.2, -0.15) is 0 Å². The normalized spacial score (nSPS) is 25.5. The number of nitrogens with zero attached hydrogens (tertiary/aromatic N) is 1. The monoisotopic (exact) mass is 249 g/mol. The van der Waals surface area contributed by atoms with Crippen LogP contribution < -0.4 is 0 Å². The average molecular weight is 249 g/mol. The largest absolute Gasteiger partial charge is 0.362 e. The minimum Gasteiger partial charge on any atom is -0.362 e. The Hall–Kier alpha value is -0.673. The molecule has 1 aliphatic heterocycles. The van der Waals surface area contributed by atoms with E-state index in [0.29, 0.717) is 11.6 Å². The van der Waals surface area contributed by atoms with Crippen LogP contribution in [0.25, 0.3) is 0 Å². The highest BCUT2D eigenvalue weighted by Gasteiger charge is 2.49. The summed E-state index contributed by atoms with van der Waals surface area (Å²) in [7, 11) is 0.914. The fourth-order valence-corrected chi connectivity index (χ4v) is 6.15. The van der Waals surface area contributed by atoms with Crippen molar-refractivity contribution in [3.05, 3.63) is 35.9 Å². The van der Waals surface area contributed by atoms with Gasteiger partial charge in [-0.05, 0) is 5.56 Å². The van der Waals surface area contributed by atoms with Crippen molar-refractivity contribution >= 4 is 25.3 Å². The van der Waals surface area contributed by atoms with Gasteiger partial charge < -0.3 is 4.90 Å². The van der Waals surface area contributed by atoms with E-state index in [0.717, 1.165) is 4.99 Å². The topological polar surface area (TPSA) is 3.24 Å². The zero-order valence-corrected chi connectivity index (χ0v) is 12.2. The molecule has 1 saturated heterocycles. The van der Waals surface area contributed by atoms with Gasteiger partial charge >= 0.3 is 0 Å². The number of thiocarbonyl (C=S) groups is 1. The van der Waals surface area contributed by atoms with Gasteiger partial charge in [-0.1, -0.05) is 62.2 Å². The van der Waals surface area contributed by atoms with E-state index in [1.54, 1.807) is 0 Å². The second-order valence-corrected chi connectivity index (χ2v) is 11.4. The van der Waals surface area contributed by atoms with E-state index in [-0.39, 0.29) is 0 Å². The Morgan fingerprint density at radius 1 is 1.12 bits per heavy atom. The van der Waals surface area contributed by atoms with Crippen molar-refractivity contribution in [1.82, 2.24) is 4.90 Å². The minimum absolute atomic E-state index is 0.514. The number of likely N-dealkylation sites (tertiary alicyclic amines) is 1. The lowest BCUT2D eigenvalue weighted by molar-refractivity contribution is 0.306. The summed E-state index contributed by atoms with van der Waals surface area (Å²) >= 11 is 5.51. The molecule has 0 amide bonds. The van der Waals surface area contributed by atoms with E-state index >= 15 is 0 Å². The fourth-order valence-electron chi connectivity index (χ4n) is 2.54. The van der Waals surface area contributed by atoms with Gasteiger partial charge in [-0.3, -0.25) is 0 Å². The molecule has 1 fully saturated rings. The van der Waals surface area contributed by atoms with E-state index < -0.39 is 8.07 Å². The molecule has 3 heteroatoms. The van der Waals surface area contributed by atoms with Crippen molar-refractivity contribution in [3.8, 4) is 0 Å². The van der Waals surface area contributed by atoms with E-state index in [1.807, 2.05) is 0 Å². The van der Waals surface area contributed by atoms with Crippen LogP contribution in [0.5, 0.6) is 0 Å². The third-order valence-electron chi connectivity index (χ3n) is 3.42. The number of hydrogen-bond acceptors (Lipinski definition) is 1. The molecule has 0 spiro atoms. The molecule has 2 atom stereocenters. The summed E-state index contributed by atoms with van der Waals surface area (Å²) in [6.07, 6.45) is 0. The van der Waals surface area contributed by atoms with Crippen LogP contribution in [0, 0.1) is 0 Å². The molecule has 16 heavy (non-hydrogen) atoms. The van der Waals surface area contributed by atoms with E-state index in [1.165, 1.54) is 5.56 Å². The Labute approximate surface area is 104 Å². The van der Waals surface area contributed by atoms with Gasteiger partial charge in [0, 0.05) is 12.6 Å². The quantitative estimate of drug-likeness (QED) is 0.581. The molecule has 86 valence electrons. The van der Waals surface area contributed by atoms with Crippen molar-refractivity contribution < 1.29 is 0 Å². The van der Waals surface area contributed by atoms with Crippen molar-refractivity contribution in [2.75, 3.05) is 7.05 Å². The smallest absolute Gasteiger partial charge is 0.0809 e. The summed E-state index contributed by atoms with van der Waals surface area (Å²) in [5.41, 5.74) is 2.03. The SMILES string of the molecule is CN1C(=S)C([Si](C)(C)C)C1c1ccccc1. The molecular weight excluding hydrogens is 230 g/mol. The van der Waals surface area contributed by atoms with Crippen molar-refractivity contribution in [1.29, 1.82) is 0 Å². The Bertz CT molecular complexity index is 396. The summed E-state index contributed by atoms with van der Waals surface area (Å²) in [4.78, 5) is 3.42. The molecule has 1 nitrogen and oxygen atoms in total. The van der Waals surface area contributed by atoms with Crippen LogP contribution in [0.15, 0.2) is 30.3 Å². The first-order valence-electron chi connectivity index (χ1n) is 5.74. The summed E-state index contributed by atoms with van der Waals surface area (Å²) in [6, 6.07) is 11.3. The predicted molar refractivity (Wildman–Crippen MR) is 76.6 cm³/mol. The van der Waals surface area contributed by atoms with E-state index in [2.05, 4.69) is 61.9 Å². The Morgan fingerprint density at radius 2 is 1.69 bits per heavy atom. The zero-order valence-electron chi connectivity index (χ0n) is 10.4.